The van der Waals surface area contributed by atoms with E-state index in [1.165, 1.54) is 0 Å². The lowest BCUT2D eigenvalue weighted by Crippen LogP contribution is -2.68. The van der Waals surface area contributed by atoms with Gasteiger partial charge in [0.1, 0.15) is 6.10 Å². The van der Waals surface area contributed by atoms with Crippen molar-refractivity contribution in [2.24, 2.45) is 0 Å². The van der Waals surface area contributed by atoms with Crippen LogP contribution in [0.15, 0.2) is 11.8 Å². The smallest absolute Gasteiger partial charge is 0.241 e. The maximum Gasteiger partial charge on any atom is 0.241 e. The Morgan fingerprint density at radius 3 is 1.93 bits per heavy atom. The van der Waals surface area contributed by atoms with Crippen molar-refractivity contribution in [2.75, 3.05) is 14.2 Å². The SMILES string of the molecule is CO[C@@]1(C)O[C@@H]2[C@H](O[Si](C)(C)C(C)(C)C)C=C(O[Si](C)(C)C)C[C@H]2O[C@]1(C)OC. The van der Waals surface area contributed by atoms with E-state index in [-0.39, 0.29) is 23.4 Å². The summed E-state index contributed by atoms with van der Waals surface area (Å²) in [6.07, 6.45) is 1.93. The molecule has 2 aliphatic rings. The van der Waals surface area contributed by atoms with E-state index in [0.29, 0.717) is 6.42 Å². The zero-order chi connectivity index (χ0) is 22.5. The fourth-order valence-electron chi connectivity index (χ4n) is 3.44. The van der Waals surface area contributed by atoms with Gasteiger partial charge in [-0.25, -0.2) is 0 Å². The predicted molar refractivity (Wildman–Crippen MR) is 120 cm³/mol. The normalized spacial score (nSPS) is 36.4. The van der Waals surface area contributed by atoms with E-state index in [9.17, 15) is 0 Å². The number of fused-ring (bicyclic) bond motifs is 1. The van der Waals surface area contributed by atoms with Crippen molar-refractivity contribution in [3.63, 3.8) is 0 Å². The third-order valence-electron chi connectivity index (χ3n) is 6.46. The molecule has 1 fully saturated rings. The van der Waals surface area contributed by atoms with Gasteiger partial charge >= 0.3 is 0 Å². The Labute approximate surface area is 179 Å². The number of rotatable bonds is 6. The lowest BCUT2D eigenvalue weighted by molar-refractivity contribution is -0.453. The van der Waals surface area contributed by atoms with E-state index in [1.54, 1.807) is 14.2 Å². The molecule has 0 bridgehead atoms. The Hall–Kier alpha value is -0.226. The summed E-state index contributed by atoms with van der Waals surface area (Å²) in [6, 6.07) is 0. The number of hydrogen-bond donors (Lipinski definition) is 0. The van der Waals surface area contributed by atoms with E-state index < -0.39 is 28.2 Å². The summed E-state index contributed by atoms with van der Waals surface area (Å²) in [6.45, 7) is 21.5. The molecule has 1 aliphatic heterocycles. The van der Waals surface area contributed by atoms with Gasteiger partial charge in [0.15, 0.2) is 8.32 Å². The van der Waals surface area contributed by atoms with Gasteiger partial charge in [-0.2, -0.15) is 0 Å². The predicted octanol–water partition coefficient (Wildman–Crippen LogP) is 5.03. The zero-order valence-corrected chi connectivity index (χ0v) is 22.5. The van der Waals surface area contributed by atoms with Gasteiger partial charge in [-0.1, -0.05) is 20.8 Å². The molecular weight excluding hydrogens is 404 g/mol. The van der Waals surface area contributed by atoms with Crippen LogP contribution in [-0.4, -0.2) is 60.7 Å². The Morgan fingerprint density at radius 2 is 1.48 bits per heavy atom. The van der Waals surface area contributed by atoms with Gasteiger partial charge in [-0.3, -0.25) is 0 Å². The average molecular weight is 447 g/mol. The highest BCUT2D eigenvalue weighted by Gasteiger charge is 2.59. The Balaban J connectivity index is 2.44. The van der Waals surface area contributed by atoms with E-state index in [2.05, 4.69) is 59.6 Å². The minimum atomic E-state index is -2.05. The first-order valence-corrected chi connectivity index (χ1v) is 16.8. The van der Waals surface area contributed by atoms with Crippen LogP contribution < -0.4 is 0 Å². The third kappa shape index (κ3) is 5.16. The molecule has 29 heavy (non-hydrogen) atoms. The molecule has 0 aromatic carbocycles. The van der Waals surface area contributed by atoms with Crippen molar-refractivity contribution in [2.45, 2.75) is 109 Å². The maximum atomic E-state index is 6.79. The van der Waals surface area contributed by atoms with Crippen molar-refractivity contribution in [3.8, 4) is 0 Å². The summed E-state index contributed by atoms with van der Waals surface area (Å²) in [5.74, 6) is -1.16. The average Bonchev–Trinajstić information content (AvgIpc) is 2.54. The fraction of sp³-hybridized carbons (Fsp3) is 0.905. The van der Waals surface area contributed by atoms with Crippen LogP contribution in [0.4, 0.5) is 0 Å². The second-order valence-corrected chi connectivity index (χ2v) is 20.1. The quantitative estimate of drug-likeness (QED) is 0.534. The molecule has 0 saturated carbocycles. The molecule has 1 saturated heterocycles. The van der Waals surface area contributed by atoms with Crippen LogP contribution in [0.3, 0.4) is 0 Å². The minimum Gasteiger partial charge on any atom is -0.547 e. The maximum absolute atomic E-state index is 6.79. The monoisotopic (exact) mass is 446 g/mol. The molecule has 0 aromatic heterocycles. The molecule has 0 spiro atoms. The minimum absolute atomic E-state index is 0.0781. The number of hydrogen-bond acceptors (Lipinski definition) is 6. The Bertz CT molecular complexity index is 624. The van der Waals surface area contributed by atoms with Crippen molar-refractivity contribution in [3.05, 3.63) is 11.8 Å². The lowest BCUT2D eigenvalue weighted by atomic mass is 9.93. The molecular formula is C21H42O6Si2. The van der Waals surface area contributed by atoms with Gasteiger partial charge in [0.05, 0.1) is 18.0 Å². The van der Waals surface area contributed by atoms with E-state index in [1.807, 2.05) is 13.8 Å². The van der Waals surface area contributed by atoms with Crippen LogP contribution in [-0.2, 0) is 27.8 Å². The Morgan fingerprint density at radius 1 is 0.966 bits per heavy atom. The van der Waals surface area contributed by atoms with Crippen LogP contribution in [0.1, 0.15) is 41.0 Å². The molecule has 0 aromatic rings. The summed E-state index contributed by atoms with van der Waals surface area (Å²) < 4.78 is 37.6. The molecule has 1 heterocycles. The molecule has 5 atom stereocenters. The van der Waals surface area contributed by atoms with Gasteiger partial charge < -0.3 is 27.8 Å². The molecule has 0 radical (unpaired) electrons. The first-order valence-electron chi connectivity index (χ1n) is 10.5. The van der Waals surface area contributed by atoms with Gasteiger partial charge in [-0.15, -0.1) is 0 Å². The van der Waals surface area contributed by atoms with Crippen LogP contribution in [0.2, 0.25) is 37.8 Å². The Kier molecular flexibility index (Phi) is 6.94. The first-order chi connectivity index (χ1) is 13.0. The second kappa shape index (κ2) is 8.04. The number of ether oxygens (including phenoxy) is 4. The van der Waals surface area contributed by atoms with Crippen LogP contribution in [0, 0.1) is 0 Å². The summed E-state index contributed by atoms with van der Waals surface area (Å²) in [5, 5.41) is 0.0781. The van der Waals surface area contributed by atoms with Gasteiger partial charge in [0.2, 0.25) is 19.9 Å². The van der Waals surface area contributed by atoms with E-state index in [4.69, 9.17) is 27.8 Å². The molecule has 8 heteroatoms. The standard InChI is InChI=1S/C21H42O6Si2/c1-19(2,3)29(11,12)27-17-14-15(26-28(8,9)10)13-16-18(17)25-21(5,23-7)20(4,22-6)24-16/h14,16-18H,13H2,1-12H3/t16-,17-,18+,20+,21+/m1/s1. The highest BCUT2D eigenvalue weighted by molar-refractivity contribution is 6.74. The van der Waals surface area contributed by atoms with Crippen LogP contribution in [0.5, 0.6) is 0 Å². The molecule has 0 unspecified atom stereocenters. The highest BCUT2D eigenvalue weighted by atomic mass is 28.4. The summed E-state index contributed by atoms with van der Waals surface area (Å²) in [5.41, 5.74) is 0. The third-order valence-corrected chi connectivity index (χ3v) is 11.8. The summed E-state index contributed by atoms with van der Waals surface area (Å²) >= 11 is 0. The van der Waals surface area contributed by atoms with Crippen molar-refractivity contribution < 1.29 is 27.8 Å². The van der Waals surface area contributed by atoms with E-state index >= 15 is 0 Å². The van der Waals surface area contributed by atoms with Gasteiger partial charge in [0.25, 0.3) is 0 Å². The first kappa shape index (κ1) is 25.0. The molecule has 6 nitrogen and oxygen atoms in total. The van der Waals surface area contributed by atoms with Crippen molar-refractivity contribution in [1.29, 1.82) is 0 Å². The van der Waals surface area contributed by atoms with Crippen LogP contribution in [0.25, 0.3) is 0 Å². The van der Waals surface area contributed by atoms with E-state index in [0.717, 1.165) is 5.76 Å². The van der Waals surface area contributed by atoms with Gasteiger partial charge in [-0.05, 0) is 57.7 Å². The summed E-state index contributed by atoms with van der Waals surface area (Å²) in [7, 11) is -0.596. The molecule has 0 amide bonds. The topological polar surface area (TPSA) is 55.4 Å². The van der Waals surface area contributed by atoms with Crippen molar-refractivity contribution >= 4 is 16.6 Å². The highest BCUT2D eigenvalue weighted by Crippen LogP contribution is 2.46. The van der Waals surface area contributed by atoms with Gasteiger partial charge in [0, 0.05) is 20.6 Å². The zero-order valence-electron chi connectivity index (χ0n) is 20.5. The van der Waals surface area contributed by atoms with Crippen molar-refractivity contribution in [1.82, 2.24) is 0 Å². The molecule has 0 N–H and O–H groups in total. The molecule has 2 rings (SSSR count). The largest absolute Gasteiger partial charge is 0.547 e. The molecule has 1 aliphatic carbocycles. The second-order valence-electron chi connectivity index (χ2n) is 10.9. The lowest BCUT2D eigenvalue weighted by Gasteiger charge is -2.55. The fourth-order valence-corrected chi connectivity index (χ4v) is 5.61. The molecule has 170 valence electrons. The van der Waals surface area contributed by atoms with Crippen LogP contribution >= 0.6 is 0 Å². The summed E-state index contributed by atoms with van der Waals surface area (Å²) in [4.78, 5) is 0. The number of methoxy groups -OCH3 is 2.